The molecule has 1 atom stereocenters. The first-order valence-corrected chi connectivity index (χ1v) is 17.2. The van der Waals surface area contributed by atoms with Gasteiger partial charge in [-0.05, 0) is 85.1 Å². The summed E-state index contributed by atoms with van der Waals surface area (Å²) in [6.07, 6.45) is 0.911. The molecule has 2 amide bonds. The van der Waals surface area contributed by atoms with E-state index >= 15 is 0 Å². The van der Waals surface area contributed by atoms with E-state index in [0.29, 0.717) is 25.3 Å². The van der Waals surface area contributed by atoms with E-state index in [2.05, 4.69) is 21.2 Å². The molecule has 242 valence electrons. The second-order valence-corrected chi connectivity index (χ2v) is 13.3. The van der Waals surface area contributed by atoms with Crippen LogP contribution in [-0.4, -0.2) is 50.9 Å². The Bertz CT molecular complexity index is 1700. The minimum absolute atomic E-state index is 0.0447. The van der Waals surface area contributed by atoms with Gasteiger partial charge in [0.05, 0.1) is 17.2 Å². The van der Waals surface area contributed by atoms with E-state index in [1.807, 2.05) is 68.4 Å². The Balaban J connectivity index is 1.79. The van der Waals surface area contributed by atoms with Crippen LogP contribution in [0.2, 0.25) is 0 Å². The molecule has 4 rings (SSSR count). The summed E-state index contributed by atoms with van der Waals surface area (Å²) in [5, 5.41) is 2.93. The van der Waals surface area contributed by atoms with Crippen LogP contribution in [0.5, 0.6) is 5.75 Å². The molecule has 0 heterocycles. The van der Waals surface area contributed by atoms with E-state index in [1.54, 1.807) is 24.3 Å². The molecule has 0 bridgehead atoms. The Morgan fingerprint density at radius 3 is 2.20 bits per heavy atom. The molecular weight excluding hydrogens is 673 g/mol. The zero-order chi connectivity index (χ0) is 33.1. The summed E-state index contributed by atoms with van der Waals surface area (Å²) >= 11 is 3.48. The van der Waals surface area contributed by atoms with Crippen LogP contribution >= 0.6 is 15.9 Å². The van der Waals surface area contributed by atoms with Gasteiger partial charge in [-0.25, -0.2) is 12.8 Å². The highest BCUT2D eigenvalue weighted by Crippen LogP contribution is 2.27. The van der Waals surface area contributed by atoms with E-state index in [1.165, 1.54) is 4.90 Å². The van der Waals surface area contributed by atoms with Crippen LogP contribution in [0, 0.1) is 5.82 Å². The van der Waals surface area contributed by atoms with Gasteiger partial charge in [0.25, 0.3) is 10.0 Å². The number of carbonyl (C=O) groups excluding carboxylic acids is 2. The van der Waals surface area contributed by atoms with Gasteiger partial charge in [-0.15, -0.1) is 0 Å². The number of sulfonamides is 1. The average Bonchev–Trinajstić information content (AvgIpc) is 3.05. The van der Waals surface area contributed by atoms with Crippen molar-refractivity contribution in [2.45, 2.75) is 44.2 Å². The maximum Gasteiger partial charge on any atom is 0.264 e. The van der Waals surface area contributed by atoms with E-state index in [4.69, 9.17) is 4.74 Å². The fraction of sp³-hybridized carbons (Fsp3) is 0.257. The SMILES string of the molecule is CCCNC(=O)[C@H](Cc1ccccc1)N(Cc1cccc(Br)c1)C(=O)CN(c1ccc(OCC)cc1)S(=O)(=O)c1ccc(F)cc1. The Hall–Kier alpha value is -4.22. The number of nitrogens with one attached hydrogen (secondary N) is 1. The van der Waals surface area contributed by atoms with Gasteiger partial charge < -0.3 is 15.0 Å². The maximum atomic E-state index is 14.5. The molecule has 0 saturated carbocycles. The summed E-state index contributed by atoms with van der Waals surface area (Å²) in [6.45, 7) is 4.03. The third-order valence-electron chi connectivity index (χ3n) is 7.18. The minimum atomic E-state index is -4.35. The van der Waals surface area contributed by atoms with Crippen molar-refractivity contribution in [3.63, 3.8) is 0 Å². The first-order chi connectivity index (χ1) is 22.1. The smallest absolute Gasteiger partial charge is 0.264 e. The van der Waals surface area contributed by atoms with Crippen molar-refractivity contribution in [1.82, 2.24) is 10.2 Å². The van der Waals surface area contributed by atoms with Crippen molar-refractivity contribution in [2.24, 2.45) is 0 Å². The van der Waals surface area contributed by atoms with E-state index in [9.17, 15) is 22.4 Å². The van der Waals surface area contributed by atoms with Crippen molar-refractivity contribution in [1.29, 1.82) is 0 Å². The molecule has 4 aromatic rings. The van der Waals surface area contributed by atoms with Crippen molar-refractivity contribution in [2.75, 3.05) is 24.0 Å². The summed E-state index contributed by atoms with van der Waals surface area (Å²) in [7, 11) is -4.35. The van der Waals surface area contributed by atoms with Crippen LogP contribution < -0.4 is 14.4 Å². The normalized spacial score (nSPS) is 11.8. The van der Waals surface area contributed by atoms with Crippen LogP contribution in [0.1, 0.15) is 31.4 Å². The van der Waals surface area contributed by atoms with Crippen LogP contribution in [0.4, 0.5) is 10.1 Å². The number of nitrogens with zero attached hydrogens (tertiary/aromatic N) is 2. The monoisotopic (exact) mass is 709 g/mol. The summed E-state index contributed by atoms with van der Waals surface area (Å²) < 4.78 is 49.2. The fourth-order valence-corrected chi connectivity index (χ4v) is 6.75. The molecule has 0 saturated heterocycles. The quantitative estimate of drug-likeness (QED) is 0.155. The van der Waals surface area contributed by atoms with E-state index < -0.39 is 34.3 Å². The van der Waals surface area contributed by atoms with Crippen molar-refractivity contribution in [3.8, 4) is 5.75 Å². The Morgan fingerprint density at radius 1 is 0.891 bits per heavy atom. The first-order valence-electron chi connectivity index (χ1n) is 15.0. The molecule has 46 heavy (non-hydrogen) atoms. The minimum Gasteiger partial charge on any atom is -0.494 e. The highest BCUT2D eigenvalue weighted by Gasteiger charge is 2.34. The summed E-state index contributed by atoms with van der Waals surface area (Å²) in [6, 6.07) is 26.5. The third-order valence-corrected chi connectivity index (χ3v) is 9.46. The molecule has 4 aromatic carbocycles. The Morgan fingerprint density at radius 2 is 1.57 bits per heavy atom. The number of ether oxygens (including phenoxy) is 1. The number of amides is 2. The first kappa shape index (κ1) is 34.6. The molecule has 0 fully saturated rings. The standard InChI is InChI=1S/C35H37BrFN3O5S/c1-3-21-38-35(42)33(23-26-9-6-5-7-10-26)39(24-27-11-8-12-28(36)22-27)34(41)25-40(30-15-17-31(18-16-30)45-4-2)46(43,44)32-19-13-29(37)14-20-32/h5-20,22,33H,3-4,21,23-25H2,1-2H3,(H,38,42)/t33-/m0/s1. The van der Waals surface area contributed by atoms with Gasteiger partial charge in [-0.2, -0.15) is 0 Å². The molecule has 0 aromatic heterocycles. The highest BCUT2D eigenvalue weighted by atomic mass is 79.9. The predicted octanol–water partition coefficient (Wildman–Crippen LogP) is 6.35. The van der Waals surface area contributed by atoms with Crippen LogP contribution in [0.3, 0.4) is 0 Å². The maximum absolute atomic E-state index is 14.5. The molecule has 1 N–H and O–H groups in total. The van der Waals surface area contributed by atoms with Gasteiger partial charge >= 0.3 is 0 Å². The predicted molar refractivity (Wildman–Crippen MR) is 180 cm³/mol. The number of hydrogen-bond acceptors (Lipinski definition) is 5. The number of halogens is 2. The van der Waals surface area contributed by atoms with Crippen LogP contribution in [0.15, 0.2) is 112 Å². The molecule has 0 aliphatic carbocycles. The second-order valence-electron chi connectivity index (χ2n) is 10.5. The topological polar surface area (TPSA) is 96.0 Å². The van der Waals surface area contributed by atoms with E-state index in [0.717, 1.165) is 44.2 Å². The summed E-state index contributed by atoms with van der Waals surface area (Å²) in [5.41, 5.74) is 1.80. The molecule has 0 aliphatic rings. The van der Waals surface area contributed by atoms with Gasteiger partial charge in [-0.1, -0.05) is 65.3 Å². The second kappa shape index (κ2) is 16.4. The summed E-state index contributed by atoms with van der Waals surface area (Å²) in [5.74, 6) is -0.997. The lowest BCUT2D eigenvalue weighted by atomic mass is 10.0. The molecule has 0 aliphatic heterocycles. The molecule has 0 spiro atoms. The molecule has 11 heteroatoms. The summed E-state index contributed by atoms with van der Waals surface area (Å²) in [4.78, 5) is 29.4. The molecular formula is C35H37BrFN3O5S. The average molecular weight is 711 g/mol. The van der Waals surface area contributed by atoms with Crippen LogP contribution in [0.25, 0.3) is 0 Å². The lowest BCUT2D eigenvalue weighted by molar-refractivity contribution is -0.140. The number of anilines is 1. The number of hydrogen-bond donors (Lipinski definition) is 1. The zero-order valence-corrected chi connectivity index (χ0v) is 28.1. The van der Waals surface area contributed by atoms with Gasteiger partial charge in [0, 0.05) is 24.0 Å². The van der Waals surface area contributed by atoms with Gasteiger partial charge in [0.15, 0.2) is 0 Å². The van der Waals surface area contributed by atoms with Crippen molar-refractivity contribution in [3.05, 3.63) is 125 Å². The van der Waals surface area contributed by atoms with E-state index in [-0.39, 0.29) is 29.5 Å². The number of rotatable bonds is 15. The van der Waals surface area contributed by atoms with Gasteiger partial charge in [-0.3, -0.25) is 13.9 Å². The lowest BCUT2D eigenvalue weighted by Gasteiger charge is -2.34. The third kappa shape index (κ3) is 9.17. The van der Waals surface area contributed by atoms with Crippen molar-refractivity contribution >= 4 is 43.5 Å². The number of carbonyl (C=O) groups is 2. The Kier molecular flexibility index (Phi) is 12.3. The number of benzene rings is 4. The molecule has 8 nitrogen and oxygen atoms in total. The lowest BCUT2D eigenvalue weighted by Crippen LogP contribution is -2.53. The zero-order valence-electron chi connectivity index (χ0n) is 25.7. The largest absolute Gasteiger partial charge is 0.494 e. The van der Waals surface area contributed by atoms with Gasteiger partial charge in [0.2, 0.25) is 11.8 Å². The molecule has 0 unspecified atom stereocenters. The highest BCUT2D eigenvalue weighted by molar-refractivity contribution is 9.10. The van der Waals surface area contributed by atoms with Crippen LogP contribution in [-0.2, 0) is 32.6 Å². The fourth-order valence-electron chi connectivity index (χ4n) is 4.89. The van der Waals surface area contributed by atoms with Gasteiger partial charge in [0.1, 0.15) is 24.2 Å². The molecule has 0 radical (unpaired) electrons. The Labute approximate surface area is 278 Å². The van der Waals surface area contributed by atoms with Crippen molar-refractivity contribution < 1.29 is 27.1 Å².